The maximum Gasteiger partial charge on any atom is 0.337 e. The lowest BCUT2D eigenvalue weighted by atomic mass is 10.2. The van der Waals surface area contributed by atoms with Gasteiger partial charge in [0.2, 0.25) is 0 Å². The minimum atomic E-state index is -4.09. The fourth-order valence-electron chi connectivity index (χ4n) is 1.84. The van der Waals surface area contributed by atoms with Crippen LogP contribution in [0.3, 0.4) is 0 Å². The number of rotatable bonds is 4. The summed E-state index contributed by atoms with van der Waals surface area (Å²) in [6.07, 6.45) is 0. The van der Waals surface area contributed by atoms with E-state index in [9.17, 15) is 13.2 Å². The Hall–Kier alpha value is -2.55. The second kappa shape index (κ2) is 5.09. The lowest BCUT2D eigenvalue weighted by molar-refractivity contribution is 0.0692. The SMILES string of the molecule is Cc1cc(NS(=O)(=O)c2cc(N)ccc2C(=O)O)n(C)n1. The molecule has 0 amide bonds. The highest BCUT2D eigenvalue weighted by molar-refractivity contribution is 7.92. The Labute approximate surface area is 121 Å². The molecule has 112 valence electrons. The monoisotopic (exact) mass is 310 g/mol. The summed E-state index contributed by atoms with van der Waals surface area (Å²) in [5.74, 6) is -1.12. The van der Waals surface area contributed by atoms with Crippen molar-refractivity contribution >= 4 is 27.5 Å². The maximum atomic E-state index is 12.4. The zero-order valence-electron chi connectivity index (χ0n) is 11.4. The van der Waals surface area contributed by atoms with Gasteiger partial charge in [-0.25, -0.2) is 13.2 Å². The average molecular weight is 310 g/mol. The number of hydrogen-bond acceptors (Lipinski definition) is 5. The number of aromatic carboxylic acids is 1. The van der Waals surface area contributed by atoms with Crippen LogP contribution in [0.5, 0.6) is 0 Å². The molecule has 1 aromatic heterocycles. The number of sulfonamides is 1. The van der Waals surface area contributed by atoms with Crippen LogP contribution in [0.2, 0.25) is 0 Å². The first kappa shape index (κ1) is 14.9. The number of carboxylic acids is 1. The van der Waals surface area contributed by atoms with E-state index in [2.05, 4.69) is 9.82 Å². The highest BCUT2D eigenvalue weighted by Gasteiger charge is 2.23. The number of aryl methyl sites for hydroxylation is 2. The summed E-state index contributed by atoms with van der Waals surface area (Å²) < 4.78 is 28.4. The van der Waals surface area contributed by atoms with Gasteiger partial charge in [-0.15, -0.1) is 0 Å². The first-order chi connectivity index (χ1) is 9.70. The zero-order valence-corrected chi connectivity index (χ0v) is 12.2. The van der Waals surface area contributed by atoms with E-state index in [0.717, 1.165) is 12.1 Å². The van der Waals surface area contributed by atoms with Gasteiger partial charge < -0.3 is 10.8 Å². The van der Waals surface area contributed by atoms with E-state index in [1.807, 2.05) is 0 Å². The number of nitrogens with one attached hydrogen (secondary N) is 1. The zero-order chi connectivity index (χ0) is 15.8. The fourth-order valence-corrected chi connectivity index (χ4v) is 3.15. The van der Waals surface area contributed by atoms with Crippen molar-refractivity contribution in [2.75, 3.05) is 10.5 Å². The van der Waals surface area contributed by atoms with Crippen molar-refractivity contribution in [3.63, 3.8) is 0 Å². The van der Waals surface area contributed by atoms with Crippen LogP contribution in [-0.2, 0) is 17.1 Å². The van der Waals surface area contributed by atoms with Gasteiger partial charge in [0.05, 0.1) is 11.3 Å². The normalized spacial score (nSPS) is 11.3. The molecule has 1 heterocycles. The van der Waals surface area contributed by atoms with Crippen molar-refractivity contribution in [1.29, 1.82) is 0 Å². The molecule has 0 unspecified atom stereocenters. The number of nitrogen functional groups attached to an aromatic ring is 1. The van der Waals surface area contributed by atoms with Crippen LogP contribution in [0.4, 0.5) is 11.5 Å². The molecule has 1 aromatic carbocycles. The molecule has 0 aliphatic heterocycles. The molecule has 0 bridgehead atoms. The minimum absolute atomic E-state index is 0.154. The van der Waals surface area contributed by atoms with E-state index in [4.69, 9.17) is 10.8 Å². The standard InChI is InChI=1S/C12H14N4O4S/c1-7-5-11(16(2)14-7)15-21(19,20)10-6-8(13)3-4-9(10)12(17)18/h3-6,15H,13H2,1-2H3,(H,17,18). The Bertz CT molecular complexity index is 811. The van der Waals surface area contributed by atoms with Crippen LogP contribution < -0.4 is 10.5 Å². The molecule has 0 aliphatic carbocycles. The summed E-state index contributed by atoms with van der Waals surface area (Å²) in [6, 6.07) is 5.12. The molecule has 0 saturated heterocycles. The summed E-state index contributed by atoms with van der Waals surface area (Å²) in [6.45, 7) is 1.71. The van der Waals surface area contributed by atoms with E-state index in [1.165, 1.54) is 16.8 Å². The van der Waals surface area contributed by atoms with E-state index in [1.54, 1.807) is 14.0 Å². The number of carbonyl (C=O) groups is 1. The Morgan fingerprint density at radius 1 is 1.38 bits per heavy atom. The van der Waals surface area contributed by atoms with Gasteiger partial charge in [-0.2, -0.15) is 5.10 Å². The van der Waals surface area contributed by atoms with Crippen molar-refractivity contribution < 1.29 is 18.3 Å². The average Bonchev–Trinajstić information content (AvgIpc) is 2.66. The molecule has 0 aliphatic rings. The van der Waals surface area contributed by atoms with Gasteiger partial charge in [-0.1, -0.05) is 0 Å². The molecule has 21 heavy (non-hydrogen) atoms. The Morgan fingerprint density at radius 3 is 2.57 bits per heavy atom. The number of benzene rings is 1. The van der Waals surface area contributed by atoms with Crippen LogP contribution in [0.25, 0.3) is 0 Å². The number of nitrogens with two attached hydrogens (primary N) is 1. The van der Waals surface area contributed by atoms with Crippen LogP contribution >= 0.6 is 0 Å². The molecule has 9 heteroatoms. The summed E-state index contributed by atoms with van der Waals surface area (Å²) in [5.41, 5.74) is 5.98. The fraction of sp³-hybridized carbons (Fsp3) is 0.167. The van der Waals surface area contributed by atoms with Crippen LogP contribution in [-0.4, -0.2) is 29.3 Å². The number of anilines is 2. The Morgan fingerprint density at radius 2 is 2.05 bits per heavy atom. The molecule has 0 fully saturated rings. The lowest BCUT2D eigenvalue weighted by Crippen LogP contribution is -2.18. The summed E-state index contributed by atoms with van der Waals surface area (Å²) in [7, 11) is -2.52. The highest BCUT2D eigenvalue weighted by atomic mass is 32.2. The quantitative estimate of drug-likeness (QED) is 0.717. The molecule has 0 atom stereocenters. The second-order valence-corrected chi connectivity index (χ2v) is 6.11. The van der Waals surface area contributed by atoms with Crippen LogP contribution in [0.15, 0.2) is 29.2 Å². The Balaban J connectivity index is 2.51. The minimum Gasteiger partial charge on any atom is -0.478 e. The van der Waals surface area contributed by atoms with E-state index < -0.39 is 20.9 Å². The smallest absolute Gasteiger partial charge is 0.337 e. The van der Waals surface area contributed by atoms with E-state index in [0.29, 0.717) is 5.69 Å². The second-order valence-electron chi connectivity index (χ2n) is 4.46. The Kier molecular flexibility index (Phi) is 3.60. The predicted octanol–water partition coefficient (Wildman–Crippen LogP) is 0.810. The number of hydrogen-bond donors (Lipinski definition) is 3. The van der Waals surface area contributed by atoms with Gasteiger partial charge in [0, 0.05) is 18.8 Å². The first-order valence-corrected chi connectivity index (χ1v) is 7.35. The lowest BCUT2D eigenvalue weighted by Gasteiger charge is -2.11. The van der Waals surface area contributed by atoms with E-state index >= 15 is 0 Å². The first-order valence-electron chi connectivity index (χ1n) is 5.87. The van der Waals surface area contributed by atoms with Crippen molar-refractivity contribution in [2.24, 2.45) is 7.05 Å². The third-order valence-corrected chi connectivity index (χ3v) is 4.16. The van der Waals surface area contributed by atoms with Crippen LogP contribution in [0.1, 0.15) is 16.1 Å². The summed E-state index contributed by atoms with van der Waals surface area (Å²) in [5, 5.41) is 13.1. The molecule has 0 radical (unpaired) electrons. The number of aromatic nitrogens is 2. The summed E-state index contributed by atoms with van der Waals surface area (Å²) in [4.78, 5) is 10.8. The molecule has 4 N–H and O–H groups in total. The van der Waals surface area contributed by atoms with Gasteiger partial charge in [-0.05, 0) is 25.1 Å². The maximum absolute atomic E-state index is 12.4. The van der Waals surface area contributed by atoms with Crippen molar-refractivity contribution in [2.45, 2.75) is 11.8 Å². The van der Waals surface area contributed by atoms with Crippen molar-refractivity contribution in [1.82, 2.24) is 9.78 Å². The van der Waals surface area contributed by atoms with Gasteiger partial charge in [-0.3, -0.25) is 9.40 Å². The van der Waals surface area contributed by atoms with Gasteiger partial charge in [0.25, 0.3) is 10.0 Å². The van der Waals surface area contributed by atoms with Gasteiger partial charge in [0.15, 0.2) is 0 Å². The van der Waals surface area contributed by atoms with Gasteiger partial charge >= 0.3 is 5.97 Å². The molecule has 2 rings (SSSR count). The largest absolute Gasteiger partial charge is 0.478 e. The molecule has 0 saturated carbocycles. The number of nitrogens with zero attached hydrogens (tertiary/aromatic N) is 2. The van der Waals surface area contributed by atoms with E-state index in [-0.39, 0.29) is 17.1 Å². The highest BCUT2D eigenvalue weighted by Crippen LogP contribution is 2.22. The van der Waals surface area contributed by atoms with Gasteiger partial charge in [0.1, 0.15) is 10.7 Å². The molecule has 2 aromatic rings. The van der Waals surface area contributed by atoms with Crippen molar-refractivity contribution in [3.05, 3.63) is 35.5 Å². The predicted molar refractivity (Wildman–Crippen MR) is 76.6 cm³/mol. The molecular weight excluding hydrogens is 296 g/mol. The third-order valence-electron chi connectivity index (χ3n) is 2.77. The molecule has 8 nitrogen and oxygen atoms in total. The summed E-state index contributed by atoms with van der Waals surface area (Å²) >= 11 is 0. The molecular formula is C12H14N4O4S. The van der Waals surface area contributed by atoms with Crippen molar-refractivity contribution in [3.8, 4) is 0 Å². The number of carboxylic acid groups (broad SMARTS) is 1. The van der Waals surface area contributed by atoms with Crippen LogP contribution in [0, 0.1) is 6.92 Å². The topological polar surface area (TPSA) is 127 Å². The molecule has 0 spiro atoms. The third kappa shape index (κ3) is 2.97.